The molecule has 0 spiro atoms. The van der Waals surface area contributed by atoms with Crippen LogP contribution in [0.2, 0.25) is 0 Å². The monoisotopic (exact) mass is 214 g/mol. The van der Waals surface area contributed by atoms with E-state index in [1.807, 2.05) is 0 Å². The molecule has 0 N–H and O–H groups in total. The van der Waals surface area contributed by atoms with E-state index in [4.69, 9.17) is 14.2 Å². The van der Waals surface area contributed by atoms with E-state index >= 15 is 0 Å². The lowest BCUT2D eigenvalue weighted by Gasteiger charge is -2.48. The molecule has 2 unspecified atom stereocenters. The average molecular weight is 214 g/mol. The summed E-state index contributed by atoms with van der Waals surface area (Å²) in [4.78, 5) is 0. The molecule has 2 rings (SSSR count). The summed E-state index contributed by atoms with van der Waals surface area (Å²) in [6.45, 7) is 10.2. The third kappa shape index (κ3) is 2.19. The third-order valence-corrected chi connectivity index (χ3v) is 3.48. The fourth-order valence-corrected chi connectivity index (χ4v) is 2.38. The van der Waals surface area contributed by atoms with Crippen molar-refractivity contribution in [3.63, 3.8) is 0 Å². The van der Waals surface area contributed by atoms with Gasteiger partial charge in [-0.1, -0.05) is 0 Å². The number of rotatable bonds is 4. The first-order valence-corrected chi connectivity index (χ1v) is 5.85. The van der Waals surface area contributed by atoms with Crippen molar-refractivity contribution in [2.45, 2.75) is 63.9 Å². The minimum Gasteiger partial charge on any atom is -0.375 e. The van der Waals surface area contributed by atoms with Gasteiger partial charge in [0.1, 0.15) is 0 Å². The lowest BCUT2D eigenvalue weighted by atomic mass is 9.90. The molecule has 2 atom stereocenters. The normalized spacial score (nSPS) is 32.0. The van der Waals surface area contributed by atoms with Crippen molar-refractivity contribution in [3.05, 3.63) is 0 Å². The molecule has 0 aromatic carbocycles. The molecule has 0 aromatic rings. The molecule has 88 valence electrons. The van der Waals surface area contributed by atoms with Crippen LogP contribution in [0.5, 0.6) is 0 Å². The third-order valence-electron chi connectivity index (χ3n) is 3.48. The van der Waals surface area contributed by atoms with E-state index in [9.17, 15) is 0 Å². The summed E-state index contributed by atoms with van der Waals surface area (Å²) in [6.07, 6.45) is 2.71. The average Bonchev–Trinajstić information content (AvgIpc) is 1.68. The van der Waals surface area contributed by atoms with E-state index in [2.05, 4.69) is 27.7 Å². The topological polar surface area (TPSA) is 27.7 Å². The smallest absolute Gasteiger partial charge is 0.0896 e. The predicted molar refractivity (Wildman–Crippen MR) is 58.0 cm³/mol. The van der Waals surface area contributed by atoms with Crippen LogP contribution in [-0.2, 0) is 14.2 Å². The Bertz CT molecular complexity index is 203. The van der Waals surface area contributed by atoms with Gasteiger partial charge >= 0.3 is 0 Å². The summed E-state index contributed by atoms with van der Waals surface area (Å²) in [7, 11) is 0. The predicted octanol–water partition coefficient (Wildman–Crippen LogP) is 2.14. The summed E-state index contributed by atoms with van der Waals surface area (Å²) in [5.74, 6) is 0. The molecular weight excluding hydrogens is 192 g/mol. The number of hydrogen-bond acceptors (Lipinski definition) is 3. The lowest BCUT2D eigenvalue weighted by molar-refractivity contribution is -0.264. The van der Waals surface area contributed by atoms with Crippen LogP contribution in [-0.4, -0.2) is 36.6 Å². The highest BCUT2D eigenvalue weighted by Crippen LogP contribution is 2.35. The maximum absolute atomic E-state index is 6.18. The molecule has 2 aliphatic heterocycles. The second-order valence-electron chi connectivity index (χ2n) is 5.61. The van der Waals surface area contributed by atoms with E-state index in [0.29, 0.717) is 0 Å². The van der Waals surface area contributed by atoms with Gasteiger partial charge in [-0.25, -0.2) is 0 Å². The van der Waals surface area contributed by atoms with Gasteiger partial charge in [0.05, 0.1) is 23.4 Å². The molecule has 2 aliphatic rings. The van der Waals surface area contributed by atoms with Crippen molar-refractivity contribution >= 4 is 0 Å². The molecule has 3 nitrogen and oxygen atoms in total. The first kappa shape index (κ1) is 11.4. The van der Waals surface area contributed by atoms with Gasteiger partial charge in [-0.05, 0) is 40.5 Å². The van der Waals surface area contributed by atoms with Crippen molar-refractivity contribution in [1.29, 1.82) is 0 Å². The van der Waals surface area contributed by atoms with Crippen molar-refractivity contribution < 1.29 is 14.2 Å². The van der Waals surface area contributed by atoms with Crippen LogP contribution < -0.4 is 0 Å². The molecule has 2 heterocycles. The van der Waals surface area contributed by atoms with Crippen LogP contribution in [0.3, 0.4) is 0 Å². The van der Waals surface area contributed by atoms with Gasteiger partial charge in [0.2, 0.25) is 0 Å². The van der Waals surface area contributed by atoms with Crippen LogP contribution in [0.1, 0.15) is 40.5 Å². The molecule has 0 saturated carbocycles. The summed E-state index contributed by atoms with van der Waals surface area (Å²) < 4.78 is 17.2. The van der Waals surface area contributed by atoms with Crippen molar-refractivity contribution in [1.82, 2.24) is 0 Å². The van der Waals surface area contributed by atoms with Crippen LogP contribution in [0.25, 0.3) is 0 Å². The summed E-state index contributed by atoms with van der Waals surface area (Å²) in [5.41, 5.74) is -0.415. The Morgan fingerprint density at radius 2 is 1.20 bits per heavy atom. The lowest BCUT2D eigenvalue weighted by Crippen LogP contribution is -2.56. The zero-order chi connectivity index (χ0) is 11.1. The van der Waals surface area contributed by atoms with Gasteiger partial charge in [-0.15, -0.1) is 0 Å². The summed E-state index contributed by atoms with van der Waals surface area (Å²) in [5, 5.41) is 0. The fraction of sp³-hybridized carbons (Fsp3) is 1.00. The molecule has 0 bridgehead atoms. The maximum Gasteiger partial charge on any atom is 0.0896 e. The Kier molecular flexibility index (Phi) is 2.82. The zero-order valence-corrected chi connectivity index (χ0v) is 10.2. The zero-order valence-electron chi connectivity index (χ0n) is 10.2. The fourth-order valence-electron chi connectivity index (χ4n) is 2.38. The molecule has 2 saturated heterocycles. The van der Waals surface area contributed by atoms with Gasteiger partial charge < -0.3 is 14.2 Å². The van der Waals surface area contributed by atoms with E-state index < -0.39 is 0 Å². The van der Waals surface area contributed by atoms with Crippen LogP contribution >= 0.6 is 0 Å². The van der Waals surface area contributed by atoms with Gasteiger partial charge in [0, 0.05) is 13.2 Å². The number of ether oxygens (including phenoxy) is 3. The van der Waals surface area contributed by atoms with Gasteiger partial charge in [-0.3, -0.25) is 0 Å². The second-order valence-corrected chi connectivity index (χ2v) is 5.61. The van der Waals surface area contributed by atoms with Crippen LogP contribution in [0.4, 0.5) is 0 Å². The van der Waals surface area contributed by atoms with Crippen LogP contribution in [0, 0.1) is 0 Å². The van der Waals surface area contributed by atoms with Gasteiger partial charge in [0.15, 0.2) is 0 Å². The Hall–Kier alpha value is -0.120. The minimum absolute atomic E-state index is 0.208. The molecule has 15 heavy (non-hydrogen) atoms. The van der Waals surface area contributed by atoms with Gasteiger partial charge in [-0.2, -0.15) is 0 Å². The maximum atomic E-state index is 6.18. The van der Waals surface area contributed by atoms with Gasteiger partial charge in [0.25, 0.3) is 0 Å². The van der Waals surface area contributed by atoms with E-state index in [0.717, 1.165) is 26.1 Å². The molecule has 2 fully saturated rings. The van der Waals surface area contributed by atoms with E-state index in [1.165, 1.54) is 0 Å². The highest BCUT2D eigenvalue weighted by Gasteiger charge is 2.44. The van der Waals surface area contributed by atoms with Crippen LogP contribution in [0.15, 0.2) is 0 Å². The van der Waals surface area contributed by atoms with E-state index in [-0.39, 0.29) is 23.4 Å². The minimum atomic E-state index is -0.208. The van der Waals surface area contributed by atoms with Crippen molar-refractivity contribution in [2.75, 3.05) is 13.2 Å². The Morgan fingerprint density at radius 1 is 0.867 bits per heavy atom. The van der Waals surface area contributed by atoms with E-state index in [1.54, 1.807) is 0 Å². The summed E-state index contributed by atoms with van der Waals surface area (Å²) >= 11 is 0. The highest BCUT2D eigenvalue weighted by atomic mass is 16.6. The Labute approximate surface area is 92.1 Å². The first-order chi connectivity index (χ1) is 6.92. The molecule has 0 aromatic heterocycles. The molecule has 0 amide bonds. The van der Waals surface area contributed by atoms with Crippen molar-refractivity contribution in [3.8, 4) is 0 Å². The first-order valence-electron chi connectivity index (χ1n) is 5.85. The molecule has 3 heteroatoms. The SMILES string of the molecule is CC(C)(OC(C)(C)C1CCO1)C1CCO1. The number of hydrogen-bond donors (Lipinski definition) is 0. The second kappa shape index (κ2) is 3.72. The standard InChI is InChI=1S/C12H22O3/c1-11(2,9-5-7-13-9)15-12(3,4)10-6-8-14-10/h9-10H,5-8H2,1-4H3. The Balaban J connectivity index is 1.93. The van der Waals surface area contributed by atoms with Crippen molar-refractivity contribution in [2.24, 2.45) is 0 Å². The molecule has 0 radical (unpaired) electrons. The highest BCUT2D eigenvalue weighted by molar-refractivity contribution is 4.92. The molecule has 0 aliphatic carbocycles. The Morgan fingerprint density at radius 3 is 1.40 bits per heavy atom. The summed E-state index contributed by atoms with van der Waals surface area (Å²) in [6, 6.07) is 0. The molecular formula is C12H22O3. The largest absolute Gasteiger partial charge is 0.375 e. The quantitative estimate of drug-likeness (QED) is 0.717.